The first-order chi connectivity index (χ1) is 10.3. The number of benzene rings is 1. The van der Waals surface area contributed by atoms with E-state index in [1.54, 1.807) is 17.8 Å². The van der Waals surface area contributed by atoms with Gasteiger partial charge in [-0.25, -0.2) is 0 Å². The van der Waals surface area contributed by atoms with Gasteiger partial charge in [0.05, 0.1) is 11.3 Å². The molecule has 0 bridgehead atoms. The highest BCUT2D eigenvalue weighted by Gasteiger charge is 2.30. The summed E-state index contributed by atoms with van der Waals surface area (Å²) in [5, 5.41) is 6.75. The van der Waals surface area contributed by atoms with Gasteiger partial charge in [-0.3, -0.25) is 9.48 Å². The Morgan fingerprint density at radius 2 is 1.95 bits per heavy atom. The molecule has 2 aromatic rings. The second-order valence-corrected chi connectivity index (χ2v) is 4.51. The predicted octanol–water partition coefficient (Wildman–Crippen LogP) is 3.36. The van der Waals surface area contributed by atoms with Crippen LogP contribution in [-0.4, -0.2) is 22.1 Å². The molecule has 1 amide bonds. The monoisotopic (exact) mass is 313 g/mol. The van der Waals surface area contributed by atoms with Gasteiger partial charge in [-0.2, -0.15) is 5.10 Å². The van der Waals surface area contributed by atoms with Gasteiger partial charge in [0.2, 0.25) is 0 Å². The molecule has 5 nitrogen and oxygen atoms in total. The smallest absolute Gasteiger partial charge is 0.406 e. The van der Waals surface area contributed by atoms with Gasteiger partial charge < -0.3 is 10.1 Å². The molecule has 0 atom stereocenters. The van der Waals surface area contributed by atoms with Crippen LogP contribution >= 0.6 is 0 Å². The summed E-state index contributed by atoms with van der Waals surface area (Å²) in [6.45, 7) is 4.24. The standard InChI is InChI=1S/C14H14F3N3O2/c1-3-20-8-12(9(2)19-20)13(21)18-10-4-6-11(7-5-10)22-14(15,16)17/h4-8H,3H2,1-2H3,(H,18,21). The van der Waals surface area contributed by atoms with E-state index in [4.69, 9.17) is 0 Å². The summed E-state index contributed by atoms with van der Waals surface area (Å²) >= 11 is 0. The lowest BCUT2D eigenvalue weighted by Gasteiger charge is -2.09. The average Bonchev–Trinajstić information content (AvgIpc) is 2.81. The molecule has 0 saturated heterocycles. The molecule has 1 aromatic heterocycles. The fraction of sp³-hybridized carbons (Fsp3) is 0.286. The van der Waals surface area contributed by atoms with Crippen LogP contribution in [-0.2, 0) is 6.54 Å². The third kappa shape index (κ3) is 4.00. The minimum atomic E-state index is -4.74. The van der Waals surface area contributed by atoms with Crippen molar-refractivity contribution in [3.8, 4) is 5.75 Å². The molecule has 0 aliphatic rings. The SMILES string of the molecule is CCn1cc(C(=O)Nc2ccc(OC(F)(F)F)cc2)c(C)n1. The zero-order chi connectivity index (χ0) is 16.3. The van der Waals surface area contributed by atoms with Crippen LogP contribution in [0.4, 0.5) is 18.9 Å². The highest BCUT2D eigenvalue weighted by atomic mass is 19.4. The molecule has 0 fully saturated rings. The van der Waals surface area contributed by atoms with Gasteiger partial charge in [0.1, 0.15) is 5.75 Å². The number of aromatic nitrogens is 2. The van der Waals surface area contributed by atoms with E-state index in [2.05, 4.69) is 15.2 Å². The molecule has 0 aliphatic carbocycles. The first-order valence-electron chi connectivity index (χ1n) is 6.49. The van der Waals surface area contributed by atoms with Crippen molar-refractivity contribution in [3.63, 3.8) is 0 Å². The normalized spacial score (nSPS) is 11.3. The topological polar surface area (TPSA) is 56.2 Å². The molecule has 0 radical (unpaired) electrons. The molecule has 118 valence electrons. The third-order valence-electron chi connectivity index (χ3n) is 2.86. The number of anilines is 1. The van der Waals surface area contributed by atoms with E-state index in [0.717, 1.165) is 12.1 Å². The molecule has 8 heteroatoms. The first-order valence-corrected chi connectivity index (χ1v) is 6.49. The minimum Gasteiger partial charge on any atom is -0.406 e. The molecular formula is C14H14F3N3O2. The molecule has 0 saturated carbocycles. The number of aryl methyl sites for hydroxylation is 2. The quantitative estimate of drug-likeness (QED) is 0.941. The Hall–Kier alpha value is -2.51. The van der Waals surface area contributed by atoms with E-state index in [1.807, 2.05) is 6.92 Å². The van der Waals surface area contributed by atoms with Crippen LogP contribution in [0, 0.1) is 6.92 Å². The zero-order valence-corrected chi connectivity index (χ0v) is 11.9. The van der Waals surface area contributed by atoms with Gasteiger partial charge in [-0.15, -0.1) is 13.2 Å². The summed E-state index contributed by atoms with van der Waals surface area (Å²) in [4.78, 5) is 12.1. The zero-order valence-electron chi connectivity index (χ0n) is 11.9. The Bertz CT molecular complexity index is 663. The lowest BCUT2D eigenvalue weighted by molar-refractivity contribution is -0.274. The number of nitrogens with zero attached hydrogens (tertiary/aromatic N) is 2. The van der Waals surface area contributed by atoms with Gasteiger partial charge in [-0.05, 0) is 38.1 Å². The number of carbonyl (C=O) groups is 1. The molecule has 1 N–H and O–H groups in total. The molecule has 22 heavy (non-hydrogen) atoms. The van der Waals surface area contributed by atoms with E-state index in [1.165, 1.54) is 12.1 Å². The van der Waals surface area contributed by atoms with Crippen LogP contribution in [0.3, 0.4) is 0 Å². The maximum absolute atomic E-state index is 12.1. The Morgan fingerprint density at radius 1 is 1.32 bits per heavy atom. The largest absolute Gasteiger partial charge is 0.573 e. The van der Waals surface area contributed by atoms with E-state index in [9.17, 15) is 18.0 Å². The summed E-state index contributed by atoms with van der Waals surface area (Å²) in [5.74, 6) is -0.720. The number of carbonyl (C=O) groups excluding carboxylic acids is 1. The first kappa shape index (κ1) is 15.9. The van der Waals surface area contributed by atoms with Crippen LogP contribution in [0.5, 0.6) is 5.75 Å². The van der Waals surface area contributed by atoms with E-state index in [-0.39, 0.29) is 11.7 Å². The highest BCUT2D eigenvalue weighted by Crippen LogP contribution is 2.24. The third-order valence-corrected chi connectivity index (χ3v) is 2.86. The number of halogens is 3. The van der Waals surface area contributed by atoms with Crippen molar-refractivity contribution in [1.82, 2.24) is 9.78 Å². The van der Waals surface area contributed by atoms with Crippen molar-refractivity contribution < 1.29 is 22.7 Å². The minimum absolute atomic E-state index is 0.347. The van der Waals surface area contributed by atoms with E-state index >= 15 is 0 Å². The number of ether oxygens (including phenoxy) is 1. The maximum Gasteiger partial charge on any atom is 0.573 e. The average molecular weight is 313 g/mol. The van der Waals surface area contributed by atoms with Gasteiger partial charge in [0.25, 0.3) is 5.91 Å². The Labute approximate surface area is 124 Å². The summed E-state index contributed by atoms with van der Waals surface area (Å²) < 4.78 is 41.5. The van der Waals surface area contributed by atoms with Crippen molar-refractivity contribution in [3.05, 3.63) is 41.7 Å². The van der Waals surface area contributed by atoms with Crippen LogP contribution in [0.25, 0.3) is 0 Å². The lowest BCUT2D eigenvalue weighted by atomic mass is 10.2. The number of nitrogens with one attached hydrogen (secondary N) is 1. The van der Waals surface area contributed by atoms with Crippen molar-refractivity contribution >= 4 is 11.6 Å². The highest BCUT2D eigenvalue weighted by molar-refractivity contribution is 6.04. The van der Waals surface area contributed by atoms with Gasteiger partial charge in [-0.1, -0.05) is 0 Å². The van der Waals surface area contributed by atoms with E-state index < -0.39 is 6.36 Å². The van der Waals surface area contributed by atoms with Crippen LogP contribution < -0.4 is 10.1 Å². The Balaban J connectivity index is 2.07. The summed E-state index contributed by atoms with van der Waals surface area (Å²) in [5.41, 5.74) is 1.36. The Kier molecular flexibility index (Phi) is 4.39. The van der Waals surface area contributed by atoms with Crippen LogP contribution in [0.2, 0.25) is 0 Å². The molecule has 2 rings (SSSR count). The summed E-state index contributed by atoms with van der Waals surface area (Å²) in [6, 6.07) is 4.92. The second-order valence-electron chi connectivity index (χ2n) is 4.51. The van der Waals surface area contributed by atoms with Crippen LogP contribution in [0.1, 0.15) is 23.0 Å². The molecule has 0 unspecified atom stereocenters. The molecule has 0 spiro atoms. The summed E-state index contributed by atoms with van der Waals surface area (Å²) in [6.07, 6.45) is -3.12. The van der Waals surface area contributed by atoms with Gasteiger partial charge in [0, 0.05) is 18.4 Å². The molecule has 1 aromatic carbocycles. The van der Waals surface area contributed by atoms with Crippen LogP contribution in [0.15, 0.2) is 30.5 Å². The lowest BCUT2D eigenvalue weighted by Crippen LogP contribution is -2.17. The number of rotatable bonds is 4. The number of hydrogen-bond donors (Lipinski definition) is 1. The number of alkyl halides is 3. The fourth-order valence-corrected chi connectivity index (χ4v) is 1.84. The fourth-order valence-electron chi connectivity index (χ4n) is 1.84. The second kappa shape index (κ2) is 6.08. The predicted molar refractivity (Wildman–Crippen MR) is 73.7 cm³/mol. The van der Waals surface area contributed by atoms with Gasteiger partial charge >= 0.3 is 6.36 Å². The van der Waals surface area contributed by atoms with E-state index in [0.29, 0.717) is 23.5 Å². The number of amides is 1. The van der Waals surface area contributed by atoms with Crippen molar-refractivity contribution in [1.29, 1.82) is 0 Å². The maximum atomic E-state index is 12.1. The molecular weight excluding hydrogens is 299 g/mol. The molecule has 1 heterocycles. The molecule has 0 aliphatic heterocycles. The Morgan fingerprint density at radius 3 is 2.45 bits per heavy atom. The van der Waals surface area contributed by atoms with Crippen molar-refractivity contribution in [2.45, 2.75) is 26.8 Å². The van der Waals surface area contributed by atoms with Crippen molar-refractivity contribution in [2.24, 2.45) is 0 Å². The number of hydrogen-bond acceptors (Lipinski definition) is 3. The summed E-state index contributed by atoms with van der Waals surface area (Å²) in [7, 11) is 0. The van der Waals surface area contributed by atoms with Crippen molar-refractivity contribution in [2.75, 3.05) is 5.32 Å². The van der Waals surface area contributed by atoms with Gasteiger partial charge in [0.15, 0.2) is 0 Å².